The highest BCUT2D eigenvalue weighted by atomic mass is 79.9. The average molecular weight is 460 g/mol. The van der Waals surface area contributed by atoms with Gasteiger partial charge in [-0.2, -0.15) is 0 Å². The molecule has 1 amide bonds. The van der Waals surface area contributed by atoms with E-state index < -0.39 is 0 Å². The third-order valence-electron chi connectivity index (χ3n) is 4.14. The van der Waals surface area contributed by atoms with E-state index in [1.165, 1.54) is 11.8 Å². The molecule has 0 aliphatic heterocycles. The van der Waals surface area contributed by atoms with Gasteiger partial charge in [0.1, 0.15) is 0 Å². The summed E-state index contributed by atoms with van der Waals surface area (Å²) in [6.07, 6.45) is 0. The molecule has 1 aromatic heterocycles. The Labute approximate surface area is 177 Å². The SMILES string of the molecule is CCn1c(SCC(=O)Nc2ccc(Br)cc2)nnc1-c1ccc(N(C)C)cc1. The van der Waals surface area contributed by atoms with Crippen LogP contribution in [0, 0.1) is 0 Å². The molecule has 0 unspecified atom stereocenters. The van der Waals surface area contributed by atoms with Crippen LogP contribution < -0.4 is 10.2 Å². The van der Waals surface area contributed by atoms with Crippen LogP contribution in [-0.4, -0.2) is 40.5 Å². The van der Waals surface area contributed by atoms with E-state index in [2.05, 4.69) is 48.5 Å². The van der Waals surface area contributed by atoms with Crippen LogP contribution in [0.3, 0.4) is 0 Å². The van der Waals surface area contributed by atoms with E-state index >= 15 is 0 Å². The van der Waals surface area contributed by atoms with Crippen molar-refractivity contribution in [3.05, 3.63) is 53.0 Å². The number of nitrogens with one attached hydrogen (secondary N) is 1. The zero-order valence-electron chi connectivity index (χ0n) is 16.0. The minimum atomic E-state index is -0.0742. The van der Waals surface area contributed by atoms with Crippen molar-refractivity contribution in [3.8, 4) is 11.4 Å². The second-order valence-electron chi connectivity index (χ2n) is 6.34. The topological polar surface area (TPSA) is 63.1 Å². The molecule has 0 radical (unpaired) electrons. The summed E-state index contributed by atoms with van der Waals surface area (Å²) < 4.78 is 3.00. The standard InChI is InChI=1S/C20H22BrN5OS/c1-4-26-19(14-5-11-17(12-6-14)25(2)3)23-24-20(26)28-13-18(27)22-16-9-7-15(21)8-10-16/h5-12H,4,13H2,1-3H3,(H,22,27). The number of anilines is 2. The first-order chi connectivity index (χ1) is 13.5. The second-order valence-corrected chi connectivity index (χ2v) is 8.19. The van der Waals surface area contributed by atoms with Crippen molar-refractivity contribution in [1.82, 2.24) is 14.8 Å². The number of hydrogen-bond acceptors (Lipinski definition) is 5. The van der Waals surface area contributed by atoms with Crippen molar-refractivity contribution in [3.63, 3.8) is 0 Å². The molecule has 0 spiro atoms. The van der Waals surface area contributed by atoms with E-state index in [-0.39, 0.29) is 11.7 Å². The van der Waals surface area contributed by atoms with Gasteiger partial charge in [-0.15, -0.1) is 10.2 Å². The van der Waals surface area contributed by atoms with Crippen LogP contribution in [0.4, 0.5) is 11.4 Å². The molecule has 0 aliphatic rings. The molecule has 1 N–H and O–H groups in total. The number of carbonyl (C=O) groups excluding carboxylic acids is 1. The molecule has 2 aromatic carbocycles. The molecular formula is C20H22BrN5OS. The number of thioether (sulfide) groups is 1. The fourth-order valence-electron chi connectivity index (χ4n) is 2.66. The van der Waals surface area contributed by atoms with Gasteiger partial charge in [-0.05, 0) is 55.5 Å². The van der Waals surface area contributed by atoms with Crippen molar-refractivity contribution < 1.29 is 4.79 Å². The normalized spacial score (nSPS) is 10.7. The first-order valence-electron chi connectivity index (χ1n) is 8.87. The number of benzene rings is 2. The molecule has 0 saturated heterocycles. The molecule has 0 aliphatic carbocycles. The lowest BCUT2D eigenvalue weighted by atomic mass is 10.2. The molecular weight excluding hydrogens is 438 g/mol. The Morgan fingerprint density at radius 3 is 2.39 bits per heavy atom. The van der Waals surface area contributed by atoms with Gasteiger partial charge in [0.15, 0.2) is 11.0 Å². The van der Waals surface area contributed by atoms with Gasteiger partial charge in [-0.25, -0.2) is 0 Å². The summed E-state index contributed by atoms with van der Waals surface area (Å²) in [7, 11) is 4.02. The molecule has 3 rings (SSSR count). The number of rotatable bonds is 7. The Morgan fingerprint density at radius 1 is 1.11 bits per heavy atom. The van der Waals surface area contributed by atoms with E-state index in [0.29, 0.717) is 0 Å². The summed E-state index contributed by atoms with van der Waals surface area (Å²) in [6.45, 7) is 2.78. The summed E-state index contributed by atoms with van der Waals surface area (Å²) in [5, 5.41) is 12.3. The fraction of sp³-hybridized carbons (Fsp3) is 0.250. The van der Waals surface area contributed by atoms with Crippen molar-refractivity contribution in [2.75, 3.05) is 30.1 Å². The van der Waals surface area contributed by atoms with Crippen molar-refractivity contribution in [2.45, 2.75) is 18.6 Å². The second kappa shape index (κ2) is 9.25. The lowest BCUT2D eigenvalue weighted by Gasteiger charge is -2.13. The van der Waals surface area contributed by atoms with Crippen LogP contribution >= 0.6 is 27.7 Å². The lowest BCUT2D eigenvalue weighted by molar-refractivity contribution is -0.113. The highest BCUT2D eigenvalue weighted by Crippen LogP contribution is 2.26. The Kier molecular flexibility index (Phi) is 6.74. The Balaban J connectivity index is 1.68. The third-order valence-corrected chi connectivity index (χ3v) is 5.63. The van der Waals surface area contributed by atoms with Crippen LogP contribution in [-0.2, 0) is 11.3 Å². The van der Waals surface area contributed by atoms with E-state index in [0.717, 1.165) is 38.9 Å². The monoisotopic (exact) mass is 459 g/mol. The quantitative estimate of drug-likeness (QED) is 0.526. The summed E-state index contributed by atoms with van der Waals surface area (Å²) in [4.78, 5) is 14.3. The van der Waals surface area contributed by atoms with Crippen molar-refractivity contribution in [2.24, 2.45) is 0 Å². The van der Waals surface area contributed by atoms with Gasteiger partial charge in [-0.1, -0.05) is 27.7 Å². The van der Waals surface area contributed by atoms with Gasteiger partial charge >= 0.3 is 0 Å². The first-order valence-corrected chi connectivity index (χ1v) is 10.6. The lowest BCUT2D eigenvalue weighted by Crippen LogP contribution is -2.14. The minimum Gasteiger partial charge on any atom is -0.378 e. The van der Waals surface area contributed by atoms with Gasteiger partial charge in [0.2, 0.25) is 5.91 Å². The van der Waals surface area contributed by atoms with E-state index in [1.54, 1.807) is 0 Å². The zero-order valence-corrected chi connectivity index (χ0v) is 18.4. The number of amides is 1. The average Bonchev–Trinajstić information content (AvgIpc) is 3.11. The summed E-state index contributed by atoms with van der Waals surface area (Å²) in [5.41, 5.74) is 2.91. The molecule has 1 heterocycles. The van der Waals surface area contributed by atoms with Gasteiger partial charge in [0.05, 0.1) is 5.75 Å². The maximum Gasteiger partial charge on any atom is 0.234 e. The minimum absolute atomic E-state index is 0.0742. The van der Waals surface area contributed by atoms with Gasteiger partial charge in [0, 0.05) is 42.1 Å². The molecule has 146 valence electrons. The molecule has 0 atom stereocenters. The molecule has 0 bridgehead atoms. The largest absolute Gasteiger partial charge is 0.378 e. The Morgan fingerprint density at radius 2 is 1.79 bits per heavy atom. The maximum atomic E-state index is 12.2. The van der Waals surface area contributed by atoms with Gasteiger partial charge in [0.25, 0.3) is 0 Å². The fourth-order valence-corrected chi connectivity index (χ4v) is 3.73. The predicted octanol–water partition coefficient (Wildman–Crippen LogP) is 4.52. The summed E-state index contributed by atoms with van der Waals surface area (Å²) in [5.74, 6) is 1.01. The van der Waals surface area contributed by atoms with Crippen LogP contribution in [0.5, 0.6) is 0 Å². The van der Waals surface area contributed by atoms with Gasteiger partial charge < -0.3 is 14.8 Å². The van der Waals surface area contributed by atoms with E-state index in [1.807, 2.05) is 62.0 Å². The molecule has 3 aromatic rings. The molecule has 6 nitrogen and oxygen atoms in total. The van der Waals surface area contributed by atoms with Crippen LogP contribution in [0.25, 0.3) is 11.4 Å². The third kappa shape index (κ3) is 4.94. The number of carbonyl (C=O) groups is 1. The van der Waals surface area contributed by atoms with Crippen molar-refractivity contribution >= 4 is 45.0 Å². The van der Waals surface area contributed by atoms with Gasteiger partial charge in [-0.3, -0.25) is 4.79 Å². The highest BCUT2D eigenvalue weighted by molar-refractivity contribution is 9.10. The Bertz CT molecular complexity index is 938. The van der Waals surface area contributed by atoms with Crippen LogP contribution in [0.1, 0.15) is 6.92 Å². The highest BCUT2D eigenvalue weighted by Gasteiger charge is 2.15. The number of halogens is 1. The molecule has 0 fully saturated rings. The molecule has 8 heteroatoms. The Hall–Kier alpha value is -2.32. The first kappa shape index (κ1) is 20.4. The molecule has 0 saturated carbocycles. The maximum absolute atomic E-state index is 12.2. The van der Waals surface area contributed by atoms with Crippen LogP contribution in [0.2, 0.25) is 0 Å². The zero-order chi connectivity index (χ0) is 20.1. The summed E-state index contributed by atoms with van der Waals surface area (Å²) in [6, 6.07) is 15.7. The predicted molar refractivity (Wildman–Crippen MR) is 119 cm³/mol. The summed E-state index contributed by atoms with van der Waals surface area (Å²) >= 11 is 4.77. The number of aromatic nitrogens is 3. The smallest absolute Gasteiger partial charge is 0.234 e. The number of hydrogen-bond donors (Lipinski definition) is 1. The molecule has 28 heavy (non-hydrogen) atoms. The van der Waals surface area contributed by atoms with Crippen molar-refractivity contribution in [1.29, 1.82) is 0 Å². The number of nitrogens with zero attached hydrogens (tertiary/aromatic N) is 4. The van der Waals surface area contributed by atoms with E-state index in [4.69, 9.17) is 0 Å². The van der Waals surface area contributed by atoms with E-state index in [9.17, 15) is 4.79 Å². The van der Waals surface area contributed by atoms with Crippen LogP contribution in [0.15, 0.2) is 58.2 Å².